The van der Waals surface area contributed by atoms with Gasteiger partial charge >= 0.3 is 0 Å². The fourth-order valence-corrected chi connectivity index (χ4v) is 18.2. The Bertz CT molecular complexity index is 1160. The Morgan fingerprint density at radius 3 is 0.817 bits per heavy atom. The minimum Gasteiger partial charge on any atom is -0.0817 e. The summed E-state index contributed by atoms with van der Waals surface area (Å²) in [5.74, 6) is 16.1. The average molecular weight is 821 g/mol. The van der Waals surface area contributed by atoms with Crippen molar-refractivity contribution in [1.29, 1.82) is 0 Å². The molecule has 0 spiro atoms. The summed E-state index contributed by atoms with van der Waals surface area (Å²) in [7, 11) is 0. The van der Waals surface area contributed by atoms with Gasteiger partial charge < -0.3 is 0 Å². The molecule has 6 unspecified atom stereocenters. The van der Waals surface area contributed by atoms with E-state index >= 15 is 0 Å². The van der Waals surface area contributed by atoms with Crippen molar-refractivity contribution in [2.75, 3.05) is 0 Å². The molecule has 0 amide bonds. The van der Waals surface area contributed by atoms with Gasteiger partial charge in [0, 0.05) is 0 Å². The van der Waals surface area contributed by atoms with E-state index in [9.17, 15) is 0 Å². The normalized spacial score (nSPS) is 41.4. The van der Waals surface area contributed by atoms with Gasteiger partial charge in [-0.1, -0.05) is 114 Å². The molecule has 0 heterocycles. The van der Waals surface area contributed by atoms with Crippen LogP contribution in [-0.2, 0) is 0 Å². The summed E-state index contributed by atoms with van der Waals surface area (Å²) < 4.78 is 0. The van der Waals surface area contributed by atoms with Crippen LogP contribution in [0.5, 0.6) is 0 Å². The van der Waals surface area contributed by atoms with Crippen LogP contribution in [0, 0.1) is 94.7 Å². The summed E-state index contributed by atoms with van der Waals surface area (Å²) in [5.41, 5.74) is 3.99. The van der Waals surface area contributed by atoms with E-state index < -0.39 is 0 Å². The van der Waals surface area contributed by atoms with E-state index in [-0.39, 0.29) is 0 Å². The molecule has 60 heavy (non-hydrogen) atoms. The molecule has 9 saturated carbocycles. The molecule has 0 N–H and O–H groups in total. The van der Waals surface area contributed by atoms with Crippen molar-refractivity contribution >= 4 is 0 Å². The molecule has 0 nitrogen and oxygen atoms in total. The van der Waals surface area contributed by atoms with Crippen LogP contribution in [-0.4, -0.2) is 0 Å². The highest BCUT2D eigenvalue weighted by Crippen LogP contribution is 2.53. The highest BCUT2D eigenvalue weighted by Gasteiger charge is 2.42. The Kier molecular flexibility index (Phi) is 16.5. The largest absolute Gasteiger partial charge is 0.0817 e. The topological polar surface area (TPSA) is 0 Å². The van der Waals surface area contributed by atoms with Crippen LogP contribution in [0.1, 0.15) is 258 Å². The lowest BCUT2D eigenvalue weighted by atomic mass is 9.59. The van der Waals surface area contributed by atoms with Crippen LogP contribution in [0.25, 0.3) is 0 Å². The maximum Gasteiger partial charge on any atom is -0.0200 e. The molecule has 340 valence electrons. The fraction of sp³-hybridized carbons (Fsp3) is 0.933. The molecule has 6 atom stereocenters. The van der Waals surface area contributed by atoms with Crippen molar-refractivity contribution in [3.05, 3.63) is 23.3 Å². The third kappa shape index (κ3) is 11.3. The molecule has 0 aromatic heterocycles. The fourth-order valence-electron chi connectivity index (χ4n) is 18.2. The zero-order chi connectivity index (χ0) is 40.7. The standard InChI is InChI=1S/C60H100/c1-43-39-55(35-37-57(43)53-27-23-45(24-28-53)41-59(49-15-7-3-8-16-49)50-17-9-4-10-18-50)47-31-33-48(34-32-47)56-36-38-58(44(2)40-56)54-29-25-46(26-30-54)42-60(51-19-11-5-12-20-51)52-21-13-6-14-22-52/h41-58H,3-40H2,1-2H3. The Hall–Kier alpha value is -0.520. The minimum absolute atomic E-state index is 0.914. The van der Waals surface area contributed by atoms with E-state index in [1.54, 1.807) is 89.9 Å². The van der Waals surface area contributed by atoms with Crippen LogP contribution >= 0.6 is 0 Å². The van der Waals surface area contributed by atoms with Crippen molar-refractivity contribution in [2.24, 2.45) is 94.7 Å². The van der Waals surface area contributed by atoms with E-state index in [4.69, 9.17) is 0 Å². The van der Waals surface area contributed by atoms with Crippen molar-refractivity contribution in [1.82, 2.24) is 0 Å². The summed E-state index contributed by atoms with van der Waals surface area (Å²) in [6, 6.07) is 0. The lowest BCUT2D eigenvalue weighted by Gasteiger charge is -2.47. The Balaban J connectivity index is 0.692. The molecular weight excluding hydrogens is 721 g/mol. The summed E-state index contributed by atoms with van der Waals surface area (Å²) in [4.78, 5) is 0. The van der Waals surface area contributed by atoms with Gasteiger partial charge in [-0.25, -0.2) is 0 Å². The van der Waals surface area contributed by atoms with E-state index in [2.05, 4.69) is 26.0 Å². The van der Waals surface area contributed by atoms with Gasteiger partial charge in [0.25, 0.3) is 0 Å². The average Bonchev–Trinajstić information content (AvgIpc) is 3.31. The molecule has 0 aliphatic heterocycles. The number of hydrogen-bond donors (Lipinski definition) is 0. The smallest absolute Gasteiger partial charge is 0.0200 e. The van der Waals surface area contributed by atoms with E-state index in [0.717, 1.165) is 94.7 Å². The lowest BCUT2D eigenvalue weighted by Crippen LogP contribution is -2.36. The first kappa shape index (κ1) is 44.7. The van der Waals surface area contributed by atoms with E-state index in [0.29, 0.717) is 0 Å². The van der Waals surface area contributed by atoms with Gasteiger partial charge in [0.15, 0.2) is 0 Å². The van der Waals surface area contributed by atoms with Crippen LogP contribution in [0.3, 0.4) is 0 Å². The van der Waals surface area contributed by atoms with Crippen LogP contribution < -0.4 is 0 Å². The molecule has 0 radical (unpaired) electrons. The molecule has 9 fully saturated rings. The summed E-state index contributed by atoms with van der Waals surface area (Å²) >= 11 is 0. The van der Waals surface area contributed by atoms with Gasteiger partial charge in [0.05, 0.1) is 0 Å². The first-order valence-electron chi connectivity index (χ1n) is 29.0. The van der Waals surface area contributed by atoms with E-state index in [1.807, 2.05) is 11.1 Å². The zero-order valence-corrected chi connectivity index (χ0v) is 40.3. The van der Waals surface area contributed by atoms with Crippen LogP contribution in [0.2, 0.25) is 0 Å². The van der Waals surface area contributed by atoms with Gasteiger partial charge in [-0.15, -0.1) is 0 Å². The molecule has 0 aromatic carbocycles. The van der Waals surface area contributed by atoms with Crippen LogP contribution in [0.15, 0.2) is 23.3 Å². The number of rotatable bonds is 10. The second-order valence-electron chi connectivity index (χ2n) is 25.1. The first-order valence-corrected chi connectivity index (χ1v) is 29.0. The summed E-state index contributed by atoms with van der Waals surface area (Å²) in [6.45, 7) is 5.43. The van der Waals surface area contributed by atoms with Gasteiger partial charge in [-0.2, -0.15) is 0 Å². The predicted molar refractivity (Wildman–Crippen MR) is 259 cm³/mol. The third-order valence-corrected chi connectivity index (χ3v) is 21.7. The quantitative estimate of drug-likeness (QED) is 0.193. The van der Waals surface area contributed by atoms with Gasteiger partial charge in [0.2, 0.25) is 0 Å². The highest BCUT2D eigenvalue weighted by atomic mass is 14.5. The minimum atomic E-state index is 0.914. The van der Waals surface area contributed by atoms with E-state index in [1.165, 1.54) is 154 Å². The second kappa shape index (κ2) is 22.1. The Morgan fingerprint density at radius 2 is 0.533 bits per heavy atom. The van der Waals surface area contributed by atoms with Crippen molar-refractivity contribution in [3.63, 3.8) is 0 Å². The SMILES string of the molecule is CC1CC(C2CCC(C3CCC(C4CCC(C=C(C5CCCCC5)C5CCCCC5)CC4)C(C)C3)CC2)CCC1C1CCC(C=C(C2CCCCC2)C2CCCCC2)CC1. The van der Waals surface area contributed by atoms with Gasteiger partial charge in [-0.3, -0.25) is 0 Å². The van der Waals surface area contributed by atoms with Crippen LogP contribution in [0.4, 0.5) is 0 Å². The summed E-state index contributed by atoms with van der Waals surface area (Å²) in [5, 5.41) is 0. The Morgan fingerprint density at radius 1 is 0.267 bits per heavy atom. The molecular formula is C60H100. The highest BCUT2D eigenvalue weighted by molar-refractivity contribution is 5.16. The predicted octanol–water partition coefficient (Wildman–Crippen LogP) is 18.7. The number of hydrogen-bond acceptors (Lipinski definition) is 0. The maximum absolute atomic E-state index is 2.96. The molecule has 0 saturated heterocycles. The second-order valence-corrected chi connectivity index (χ2v) is 25.1. The maximum atomic E-state index is 2.96. The summed E-state index contributed by atoms with van der Waals surface area (Å²) in [6.07, 6.45) is 64.2. The van der Waals surface area contributed by atoms with Gasteiger partial charge in [0.1, 0.15) is 0 Å². The lowest BCUT2D eigenvalue weighted by molar-refractivity contribution is 0.0419. The third-order valence-electron chi connectivity index (χ3n) is 21.7. The zero-order valence-electron chi connectivity index (χ0n) is 40.3. The Labute approximate surface area is 374 Å². The molecule has 0 heteroatoms. The molecule has 9 rings (SSSR count). The molecule has 0 aromatic rings. The molecule has 9 aliphatic carbocycles. The monoisotopic (exact) mass is 821 g/mol. The van der Waals surface area contributed by atoms with Gasteiger partial charge in [-0.05, 0) is 262 Å². The van der Waals surface area contributed by atoms with Crippen molar-refractivity contribution in [3.8, 4) is 0 Å². The number of allylic oxidation sites excluding steroid dienone is 4. The van der Waals surface area contributed by atoms with Crippen molar-refractivity contribution in [2.45, 2.75) is 258 Å². The van der Waals surface area contributed by atoms with Crippen molar-refractivity contribution < 1.29 is 0 Å². The molecule has 9 aliphatic rings. The molecule has 0 bridgehead atoms. The first-order chi connectivity index (χ1) is 29.6.